The van der Waals surface area contributed by atoms with Gasteiger partial charge in [0.2, 0.25) is 11.7 Å². The molecular formula is C42H55N3O11. The molecule has 304 valence electrons. The second-order valence-electron chi connectivity index (χ2n) is 15.0. The molecule has 56 heavy (non-hydrogen) atoms. The van der Waals surface area contributed by atoms with Gasteiger partial charge in [-0.3, -0.25) is 14.9 Å². The van der Waals surface area contributed by atoms with Gasteiger partial charge < -0.3 is 44.0 Å². The van der Waals surface area contributed by atoms with Crippen molar-refractivity contribution in [3.63, 3.8) is 0 Å². The summed E-state index contributed by atoms with van der Waals surface area (Å²) >= 11 is 0. The van der Waals surface area contributed by atoms with E-state index in [0.717, 1.165) is 49.7 Å². The lowest BCUT2D eigenvalue weighted by Gasteiger charge is -2.60. The zero-order chi connectivity index (χ0) is 39.7. The van der Waals surface area contributed by atoms with Crippen molar-refractivity contribution >= 4 is 17.3 Å². The minimum Gasteiger partial charge on any atom is -0.459 e. The molecule has 6 atom stereocenters. The van der Waals surface area contributed by atoms with E-state index in [1.807, 2.05) is 17.0 Å². The van der Waals surface area contributed by atoms with Gasteiger partial charge in [-0.25, -0.2) is 0 Å². The lowest BCUT2D eigenvalue weighted by molar-refractivity contribution is -0.384. The first-order valence-electron chi connectivity index (χ1n) is 19.8. The lowest BCUT2D eigenvalue weighted by Crippen LogP contribution is -2.70. The Labute approximate surface area is 327 Å². The number of fused-ring (bicyclic) bond motifs is 2. The Morgan fingerprint density at radius 2 is 1.82 bits per heavy atom. The highest BCUT2D eigenvalue weighted by molar-refractivity contribution is 6.03. The van der Waals surface area contributed by atoms with Gasteiger partial charge in [-0.05, 0) is 80.2 Å². The largest absolute Gasteiger partial charge is 0.459 e. The van der Waals surface area contributed by atoms with E-state index in [2.05, 4.69) is 17.8 Å². The fourth-order valence-electron chi connectivity index (χ4n) is 8.93. The Hall–Kier alpha value is -4.34. The number of benzene rings is 2. The Morgan fingerprint density at radius 3 is 2.52 bits per heavy atom. The molecule has 14 nitrogen and oxygen atoms in total. The first-order valence-corrected chi connectivity index (χ1v) is 19.8. The fourth-order valence-corrected chi connectivity index (χ4v) is 8.93. The van der Waals surface area contributed by atoms with Gasteiger partial charge >= 0.3 is 0 Å². The van der Waals surface area contributed by atoms with Crippen LogP contribution in [0.3, 0.4) is 0 Å². The smallest absolute Gasteiger partial charge is 0.273 e. The predicted octanol–water partition coefficient (Wildman–Crippen LogP) is 5.90. The van der Waals surface area contributed by atoms with Crippen LogP contribution >= 0.6 is 0 Å². The number of unbranched alkanes of at least 4 members (excludes halogenated alkanes) is 2. The van der Waals surface area contributed by atoms with Crippen LogP contribution in [0.15, 0.2) is 71.9 Å². The van der Waals surface area contributed by atoms with Crippen molar-refractivity contribution in [1.29, 1.82) is 0 Å². The van der Waals surface area contributed by atoms with Crippen molar-refractivity contribution in [2.24, 2.45) is 28.8 Å². The van der Waals surface area contributed by atoms with E-state index in [9.17, 15) is 30.2 Å². The number of nitro groups is 1. The van der Waals surface area contributed by atoms with Crippen LogP contribution in [0.5, 0.6) is 17.2 Å². The highest BCUT2D eigenvalue weighted by atomic mass is 16.7. The molecule has 3 aliphatic carbocycles. The number of hydrogen-bond acceptors (Lipinski definition) is 12. The summed E-state index contributed by atoms with van der Waals surface area (Å²) < 4.78 is 26.2. The SMILES string of the molecule is C=CCO[C@@]12Oc3ccc(Oc4cccc([N+](=O)[O-])c4)cc3[C@H]3[C@H](CCCCO)[C@@H](CCCCO)C=C(C(=NOC)C[C@@H]1N(CCOCCO)C(=O)C1CC1)[C@H]32. The Morgan fingerprint density at radius 1 is 1.05 bits per heavy atom. The van der Waals surface area contributed by atoms with Crippen molar-refractivity contribution in [2.45, 2.75) is 75.5 Å². The number of carbonyl (C=O) groups is 1. The third-order valence-electron chi connectivity index (χ3n) is 11.4. The van der Waals surface area contributed by atoms with Crippen LogP contribution in [-0.2, 0) is 19.1 Å². The van der Waals surface area contributed by atoms with Crippen LogP contribution in [0.2, 0.25) is 0 Å². The third kappa shape index (κ3) is 8.94. The maximum atomic E-state index is 14.3. The lowest BCUT2D eigenvalue weighted by atomic mass is 9.55. The van der Waals surface area contributed by atoms with Crippen molar-refractivity contribution in [2.75, 3.05) is 53.3 Å². The number of allylic oxidation sites excluding steroid dienone is 1. The summed E-state index contributed by atoms with van der Waals surface area (Å²) in [7, 11) is 1.51. The number of non-ortho nitro benzene ring substituents is 1. The van der Waals surface area contributed by atoms with Gasteiger partial charge in [-0.1, -0.05) is 36.2 Å². The number of amides is 1. The molecule has 1 aliphatic heterocycles. The number of oxime groups is 1. The summed E-state index contributed by atoms with van der Waals surface area (Å²) in [5, 5.41) is 45.3. The summed E-state index contributed by atoms with van der Waals surface area (Å²) in [6.45, 7) is 4.70. The summed E-state index contributed by atoms with van der Waals surface area (Å²) in [5.41, 5.74) is 2.38. The van der Waals surface area contributed by atoms with Crippen LogP contribution in [0.4, 0.5) is 5.69 Å². The number of rotatable bonds is 22. The summed E-state index contributed by atoms with van der Waals surface area (Å²) in [4.78, 5) is 32.8. The van der Waals surface area contributed by atoms with E-state index in [1.165, 1.54) is 19.2 Å². The topological polar surface area (TPSA) is 183 Å². The molecule has 14 heteroatoms. The van der Waals surface area contributed by atoms with E-state index in [0.29, 0.717) is 35.8 Å². The van der Waals surface area contributed by atoms with Crippen LogP contribution in [0, 0.1) is 33.8 Å². The Balaban J connectivity index is 1.55. The molecule has 0 radical (unpaired) electrons. The molecule has 0 bridgehead atoms. The summed E-state index contributed by atoms with van der Waals surface area (Å²) in [6, 6.07) is 10.9. The third-order valence-corrected chi connectivity index (χ3v) is 11.4. The first-order chi connectivity index (χ1) is 27.3. The molecule has 2 saturated carbocycles. The van der Waals surface area contributed by atoms with E-state index in [-0.39, 0.29) is 87.9 Å². The quantitative estimate of drug-likeness (QED) is 0.0561. The van der Waals surface area contributed by atoms with E-state index >= 15 is 0 Å². The molecule has 0 spiro atoms. The van der Waals surface area contributed by atoms with Crippen molar-refractivity contribution in [1.82, 2.24) is 4.90 Å². The second-order valence-corrected chi connectivity index (χ2v) is 15.0. The standard InChI is InChI=1S/C42H55N3O11/c1-3-21-54-42-38(44(17-22-53-23-20-48)41(49)28-13-14-28)27-36(43-52-2)34-24-29(9-4-6-18-46)33(12-5-7-19-47)39(40(34)42)35-26-32(15-16-37(35)56-42)55-31-11-8-10-30(25-31)45(50)51/h3,8,10-11,15-16,24-26,28-29,33,38-40,46-48H,1,4-7,9,12-14,17-23,27H2,2H3/t29-,33+,38-,39+,40+,42+/m0/s1. The van der Waals surface area contributed by atoms with Crippen LogP contribution in [-0.4, -0.2) is 102 Å². The van der Waals surface area contributed by atoms with Crippen LogP contribution in [0.25, 0.3) is 0 Å². The van der Waals surface area contributed by atoms with Gasteiger partial charge in [-0.2, -0.15) is 0 Å². The molecular weight excluding hydrogens is 722 g/mol. The van der Waals surface area contributed by atoms with Gasteiger partial charge in [-0.15, -0.1) is 6.58 Å². The number of carbonyl (C=O) groups excluding carboxylic acids is 1. The van der Waals surface area contributed by atoms with Gasteiger partial charge in [0.25, 0.3) is 5.69 Å². The maximum absolute atomic E-state index is 14.3. The highest BCUT2D eigenvalue weighted by Gasteiger charge is 2.65. The average molecular weight is 778 g/mol. The molecule has 2 aromatic carbocycles. The number of nitro benzene ring substituents is 1. The number of hydrogen-bond donors (Lipinski definition) is 3. The predicted molar refractivity (Wildman–Crippen MR) is 207 cm³/mol. The molecule has 0 aromatic heterocycles. The molecule has 0 saturated heterocycles. The maximum Gasteiger partial charge on any atom is 0.273 e. The number of nitrogens with zero attached hydrogens (tertiary/aromatic N) is 3. The highest BCUT2D eigenvalue weighted by Crippen LogP contribution is 2.62. The molecule has 2 fully saturated rings. The molecule has 6 rings (SSSR count). The molecule has 4 aliphatic rings. The molecule has 2 aromatic rings. The van der Waals surface area contributed by atoms with Gasteiger partial charge in [0, 0.05) is 49.6 Å². The zero-order valence-electron chi connectivity index (χ0n) is 32.1. The summed E-state index contributed by atoms with van der Waals surface area (Å²) in [6.07, 6.45) is 10.2. The van der Waals surface area contributed by atoms with Gasteiger partial charge in [0.05, 0.1) is 49.0 Å². The average Bonchev–Trinajstić information content (AvgIpc) is 4.05. The van der Waals surface area contributed by atoms with Crippen molar-refractivity contribution in [3.05, 3.63) is 82.4 Å². The minimum absolute atomic E-state index is 0.0134. The molecule has 1 amide bonds. The van der Waals surface area contributed by atoms with Gasteiger partial charge in [0.15, 0.2) is 0 Å². The van der Waals surface area contributed by atoms with Crippen molar-refractivity contribution in [3.8, 4) is 17.2 Å². The number of aliphatic hydroxyl groups is 3. The van der Waals surface area contributed by atoms with Crippen LogP contribution < -0.4 is 9.47 Å². The normalized spacial score (nSPS) is 25.7. The monoisotopic (exact) mass is 777 g/mol. The van der Waals surface area contributed by atoms with Gasteiger partial charge in [0.1, 0.15) is 30.4 Å². The van der Waals surface area contributed by atoms with Crippen LogP contribution in [0.1, 0.15) is 69.3 Å². The van der Waals surface area contributed by atoms with Crippen molar-refractivity contribution < 1.29 is 48.8 Å². The zero-order valence-corrected chi connectivity index (χ0v) is 32.1. The summed E-state index contributed by atoms with van der Waals surface area (Å²) in [5.74, 6) is -0.879. The first kappa shape index (κ1) is 41.3. The molecule has 3 N–H and O–H groups in total. The Kier molecular flexibility index (Phi) is 14.2. The second kappa shape index (κ2) is 19.2. The van der Waals surface area contributed by atoms with E-state index in [4.69, 9.17) is 23.8 Å². The molecule has 1 heterocycles. The van der Waals surface area contributed by atoms with E-state index < -0.39 is 22.7 Å². The number of ether oxygens (including phenoxy) is 4. The number of aliphatic hydroxyl groups excluding tert-OH is 3. The van der Waals surface area contributed by atoms with E-state index in [1.54, 1.807) is 24.3 Å². The Bertz CT molecular complexity index is 1750. The minimum atomic E-state index is -1.40. The fraction of sp³-hybridized carbons (Fsp3) is 0.571. The molecule has 0 unspecified atom stereocenters.